The molecule has 0 spiro atoms. The van der Waals surface area contributed by atoms with E-state index in [-0.39, 0.29) is 35.1 Å². The standard InChI is InChI=1S/C14H12N2O3.BrH/c17-13-3-1-2-12(8-13)14(18)10-16-6-4-11(5-7-16)9-15-19;/h1-9,17H,10H2;1H. The number of hydrogen-bond donors (Lipinski definition) is 2. The minimum atomic E-state index is -0.0931. The van der Waals surface area contributed by atoms with Crippen molar-refractivity contribution in [2.45, 2.75) is 6.54 Å². The Morgan fingerprint density at radius 1 is 1.25 bits per heavy atom. The van der Waals surface area contributed by atoms with E-state index in [0.717, 1.165) is 5.56 Å². The van der Waals surface area contributed by atoms with E-state index in [1.165, 1.54) is 18.3 Å². The third-order valence-corrected chi connectivity index (χ3v) is 2.62. The lowest BCUT2D eigenvalue weighted by Gasteiger charge is -1.99. The van der Waals surface area contributed by atoms with Gasteiger partial charge in [-0.05, 0) is 12.1 Å². The number of phenolic OH excluding ortho intramolecular Hbond substituents is 1. The van der Waals surface area contributed by atoms with Crippen molar-refractivity contribution in [1.29, 1.82) is 0 Å². The average molecular weight is 337 g/mol. The monoisotopic (exact) mass is 336 g/mol. The normalized spacial score (nSPS) is 10.2. The zero-order valence-corrected chi connectivity index (χ0v) is 12.1. The number of nitrogens with zero attached hydrogens (tertiary/aromatic N) is 2. The van der Waals surface area contributed by atoms with Gasteiger partial charge in [0.2, 0.25) is 12.3 Å². The molecule has 0 bridgehead atoms. The Labute approximate surface area is 126 Å². The Hall–Kier alpha value is -2.21. The van der Waals surface area contributed by atoms with Gasteiger partial charge in [0.1, 0.15) is 5.75 Å². The first-order chi connectivity index (χ1) is 9.19. The molecule has 6 heteroatoms. The molecule has 0 saturated heterocycles. The van der Waals surface area contributed by atoms with Crippen LogP contribution in [0.15, 0.2) is 53.9 Å². The summed E-state index contributed by atoms with van der Waals surface area (Å²) in [6.45, 7) is 0.181. The number of carbonyl (C=O) groups excluding carboxylic acids is 1. The van der Waals surface area contributed by atoms with Crippen LogP contribution in [0.4, 0.5) is 0 Å². The van der Waals surface area contributed by atoms with Gasteiger partial charge in [0, 0.05) is 23.3 Å². The van der Waals surface area contributed by atoms with Crippen LogP contribution in [-0.4, -0.2) is 22.3 Å². The number of ketones is 1. The molecule has 0 atom stereocenters. The van der Waals surface area contributed by atoms with Gasteiger partial charge in [0.15, 0.2) is 12.4 Å². The van der Waals surface area contributed by atoms with Crippen molar-refractivity contribution in [3.05, 3.63) is 59.9 Å². The maximum Gasteiger partial charge on any atom is 0.227 e. The molecule has 0 amide bonds. The van der Waals surface area contributed by atoms with Crippen LogP contribution < -0.4 is 21.5 Å². The smallest absolute Gasteiger partial charge is 0.227 e. The van der Waals surface area contributed by atoms with Crippen LogP contribution in [0.25, 0.3) is 0 Å². The second-order valence-corrected chi connectivity index (χ2v) is 4.02. The number of phenols is 1. The van der Waals surface area contributed by atoms with Gasteiger partial charge in [-0.1, -0.05) is 17.3 Å². The second kappa shape index (κ2) is 7.40. The van der Waals surface area contributed by atoms with Gasteiger partial charge in [-0.15, -0.1) is 0 Å². The van der Waals surface area contributed by atoms with Crippen LogP contribution in [0.2, 0.25) is 0 Å². The van der Waals surface area contributed by atoms with Crippen molar-refractivity contribution >= 4 is 12.0 Å². The number of aromatic nitrogens is 1. The Kier molecular flexibility index (Phi) is 5.86. The summed E-state index contributed by atoms with van der Waals surface area (Å²) in [5, 5.41) is 20.6. The first-order valence-corrected chi connectivity index (χ1v) is 5.68. The Morgan fingerprint density at radius 3 is 2.55 bits per heavy atom. The zero-order chi connectivity index (χ0) is 13.7. The van der Waals surface area contributed by atoms with E-state index < -0.39 is 0 Å². The lowest BCUT2D eigenvalue weighted by molar-refractivity contribution is -0.683. The molecule has 1 aromatic heterocycles. The Bertz CT molecular complexity index is 612. The van der Waals surface area contributed by atoms with E-state index in [0.29, 0.717) is 5.56 Å². The quantitative estimate of drug-likeness (QED) is 0.231. The third-order valence-electron chi connectivity index (χ3n) is 2.62. The van der Waals surface area contributed by atoms with Crippen molar-refractivity contribution in [3.8, 4) is 5.75 Å². The summed E-state index contributed by atoms with van der Waals surface area (Å²) in [4.78, 5) is 12.0. The Morgan fingerprint density at radius 2 is 1.95 bits per heavy atom. The van der Waals surface area contributed by atoms with Gasteiger partial charge < -0.3 is 27.3 Å². The molecule has 2 N–H and O–H groups in total. The topological polar surface area (TPSA) is 73.8 Å². The molecule has 0 aliphatic heterocycles. The molecule has 104 valence electrons. The predicted molar refractivity (Wildman–Crippen MR) is 68.5 cm³/mol. The molecule has 1 aromatic carbocycles. The van der Waals surface area contributed by atoms with E-state index >= 15 is 0 Å². The number of Topliss-reactive ketones (excluding diaryl/α,β-unsaturated/α-hetero) is 1. The minimum absolute atomic E-state index is 0. The number of hydrogen-bond acceptors (Lipinski definition) is 4. The molecule has 2 aromatic rings. The fourth-order valence-electron chi connectivity index (χ4n) is 1.66. The first-order valence-electron chi connectivity index (χ1n) is 5.68. The van der Waals surface area contributed by atoms with Crippen LogP contribution in [0, 0.1) is 0 Å². The number of halogens is 1. The highest BCUT2D eigenvalue weighted by Gasteiger charge is 2.12. The first kappa shape index (κ1) is 15.8. The number of oxime groups is 1. The summed E-state index contributed by atoms with van der Waals surface area (Å²) in [5.41, 5.74) is 1.21. The number of carbonyl (C=O) groups is 1. The maximum atomic E-state index is 12.0. The number of pyridine rings is 1. The largest absolute Gasteiger partial charge is 1.00 e. The lowest BCUT2D eigenvalue weighted by Crippen LogP contribution is -3.00. The molecule has 20 heavy (non-hydrogen) atoms. The highest BCUT2D eigenvalue weighted by Crippen LogP contribution is 2.11. The van der Waals surface area contributed by atoms with Crippen molar-refractivity contribution < 1.29 is 36.7 Å². The molecule has 5 nitrogen and oxygen atoms in total. The van der Waals surface area contributed by atoms with Crippen LogP contribution >= 0.6 is 0 Å². The zero-order valence-electron chi connectivity index (χ0n) is 10.5. The second-order valence-electron chi connectivity index (χ2n) is 4.02. The van der Waals surface area contributed by atoms with Crippen molar-refractivity contribution in [2.75, 3.05) is 0 Å². The molecular formula is C14H13BrN2O3. The van der Waals surface area contributed by atoms with Crippen molar-refractivity contribution in [2.24, 2.45) is 5.16 Å². The van der Waals surface area contributed by atoms with Crippen LogP contribution in [0.3, 0.4) is 0 Å². The van der Waals surface area contributed by atoms with Crippen LogP contribution in [0.5, 0.6) is 5.75 Å². The summed E-state index contributed by atoms with van der Waals surface area (Å²) in [6.07, 6.45) is 4.75. The fraction of sp³-hybridized carbons (Fsp3) is 0.0714. The van der Waals surface area contributed by atoms with E-state index in [9.17, 15) is 9.90 Å². The van der Waals surface area contributed by atoms with E-state index in [2.05, 4.69) is 5.16 Å². The highest BCUT2D eigenvalue weighted by molar-refractivity contribution is 5.95. The van der Waals surface area contributed by atoms with Gasteiger partial charge >= 0.3 is 0 Å². The molecule has 0 radical (unpaired) electrons. The Balaban J connectivity index is 0.00000200. The minimum Gasteiger partial charge on any atom is -1.00 e. The summed E-state index contributed by atoms with van der Waals surface area (Å²) in [7, 11) is 0. The van der Waals surface area contributed by atoms with Crippen LogP contribution in [-0.2, 0) is 6.54 Å². The van der Waals surface area contributed by atoms with Gasteiger partial charge in [-0.2, -0.15) is 4.57 Å². The molecule has 0 aliphatic carbocycles. The van der Waals surface area contributed by atoms with Crippen molar-refractivity contribution in [3.63, 3.8) is 0 Å². The summed E-state index contributed by atoms with van der Waals surface area (Å²) in [5.74, 6) is -0.0187. The number of aromatic hydroxyl groups is 1. The van der Waals surface area contributed by atoms with E-state index in [1.807, 2.05) is 0 Å². The number of rotatable bonds is 4. The molecule has 0 fully saturated rings. The van der Waals surface area contributed by atoms with E-state index in [4.69, 9.17) is 5.21 Å². The van der Waals surface area contributed by atoms with E-state index in [1.54, 1.807) is 41.2 Å². The SMILES string of the molecule is O=C(C[n+]1ccc(C=NO)cc1)c1cccc(O)c1.[Br-]. The lowest BCUT2D eigenvalue weighted by atomic mass is 10.1. The maximum absolute atomic E-state index is 12.0. The number of benzene rings is 1. The molecule has 0 aliphatic rings. The van der Waals surface area contributed by atoms with Crippen molar-refractivity contribution in [1.82, 2.24) is 0 Å². The summed E-state index contributed by atoms with van der Waals surface area (Å²) in [6, 6.07) is 9.72. The average Bonchev–Trinajstić information content (AvgIpc) is 2.41. The van der Waals surface area contributed by atoms with Gasteiger partial charge in [0.05, 0.1) is 6.21 Å². The molecule has 0 unspecified atom stereocenters. The summed E-state index contributed by atoms with van der Waals surface area (Å²) >= 11 is 0. The van der Waals surface area contributed by atoms with Gasteiger partial charge in [-0.25, -0.2) is 0 Å². The molecule has 2 rings (SSSR count). The highest BCUT2D eigenvalue weighted by atomic mass is 79.9. The summed E-state index contributed by atoms with van der Waals surface area (Å²) < 4.78 is 1.71. The molecule has 0 saturated carbocycles. The molecular weight excluding hydrogens is 324 g/mol. The van der Waals surface area contributed by atoms with Crippen LogP contribution in [0.1, 0.15) is 15.9 Å². The third kappa shape index (κ3) is 4.17. The van der Waals surface area contributed by atoms with Gasteiger partial charge in [0.25, 0.3) is 0 Å². The van der Waals surface area contributed by atoms with Gasteiger partial charge in [-0.3, -0.25) is 4.79 Å². The fourth-order valence-corrected chi connectivity index (χ4v) is 1.66. The molecule has 1 heterocycles. The predicted octanol–water partition coefficient (Wildman–Crippen LogP) is -1.63.